The van der Waals surface area contributed by atoms with Gasteiger partial charge >= 0.3 is 0 Å². The first kappa shape index (κ1) is 18.7. The van der Waals surface area contributed by atoms with Gasteiger partial charge in [0.2, 0.25) is 5.91 Å². The average molecular weight is 351 g/mol. The van der Waals surface area contributed by atoms with E-state index in [1.807, 2.05) is 23.1 Å². The number of carbonyl (C=O) groups excluding carboxylic acids is 1. The number of amides is 1. The first-order chi connectivity index (χ1) is 12.7. The lowest BCUT2D eigenvalue weighted by atomic mass is 9.85. The molecule has 1 saturated heterocycles. The van der Waals surface area contributed by atoms with Gasteiger partial charge in [0.1, 0.15) is 0 Å². The number of hydrogen-bond donors (Lipinski definition) is 1. The van der Waals surface area contributed by atoms with Crippen LogP contribution in [0.25, 0.3) is 0 Å². The van der Waals surface area contributed by atoms with E-state index in [4.69, 9.17) is 5.11 Å². The lowest BCUT2D eigenvalue weighted by Gasteiger charge is -2.33. The molecule has 0 aliphatic carbocycles. The number of rotatable bonds is 6. The Labute approximate surface area is 156 Å². The van der Waals surface area contributed by atoms with Crippen LogP contribution in [0.15, 0.2) is 54.6 Å². The highest BCUT2D eigenvalue weighted by atomic mass is 16.3. The minimum absolute atomic E-state index is 0.0973. The van der Waals surface area contributed by atoms with Crippen molar-refractivity contribution in [3.8, 4) is 0 Å². The van der Waals surface area contributed by atoms with Crippen molar-refractivity contribution in [2.75, 3.05) is 19.7 Å². The van der Waals surface area contributed by atoms with Gasteiger partial charge in [-0.1, -0.05) is 54.6 Å². The van der Waals surface area contributed by atoms with Crippen molar-refractivity contribution < 1.29 is 9.90 Å². The molecule has 3 heteroatoms. The van der Waals surface area contributed by atoms with Crippen LogP contribution in [0.1, 0.15) is 48.3 Å². The van der Waals surface area contributed by atoms with E-state index in [0.717, 1.165) is 32.4 Å². The number of aryl methyl sites for hydroxylation is 1. The van der Waals surface area contributed by atoms with E-state index >= 15 is 0 Å². The zero-order chi connectivity index (χ0) is 18.4. The number of nitrogens with zero attached hydrogens (tertiary/aromatic N) is 1. The molecule has 3 rings (SSSR count). The molecule has 2 aromatic rings. The van der Waals surface area contributed by atoms with E-state index in [1.165, 1.54) is 16.7 Å². The van der Waals surface area contributed by atoms with Crippen molar-refractivity contribution in [3.63, 3.8) is 0 Å². The molecule has 0 radical (unpaired) electrons. The molecule has 3 nitrogen and oxygen atoms in total. The predicted octanol–water partition coefficient (Wildman–Crippen LogP) is 4.14. The highest BCUT2D eigenvalue weighted by Gasteiger charge is 2.26. The highest BCUT2D eigenvalue weighted by Crippen LogP contribution is 2.31. The van der Waals surface area contributed by atoms with Gasteiger partial charge in [0, 0.05) is 32.0 Å². The summed E-state index contributed by atoms with van der Waals surface area (Å²) in [5, 5.41) is 9.11. The summed E-state index contributed by atoms with van der Waals surface area (Å²) in [6.45, 7) is 4.01. The van der Waals surface area contributed by atoms with Crippen molar-refractivity contribution in [1.82, 2.24) is 4.90 Å². The van der Waals surface area contributed by atoms with Crippen LogP contribution >= 0.6 is 0 Å². The largest absolute Gasteiger partial charge is 0.396 e. The summed E-state index contributed by atoms with van der Waals surface area (Å²) in [4.78, 5) is 15.0. The Kier molecular flexibility index (Phi) is 6.45. The number of piperidine rings is 1. The third-order valence-corrected chi connectivity index (χ3v) is 5.65. The number of aliphatic hydroxyl groups is 1. The monoisotopic (exact) mass is 351 g/mol. The molecule has 1 fully saturated rings. The molecule has 1 atom stereocenters. The van der Waals surface area contributed by atoms with Crippen LogP contribution in [0.4, 0.5) is 0 Å². The van der Waals surface area contributed by atoms with Crippen molar-refractivity contribution >= 4 is 5.91 Å². The molecule has 1 aliphatic heterocycles. The molecule has 1 unspecified atom stereocenters. The Hall–Kier alpha value is -2.13. The molecule has 0 aromatic heterocycles. The molecule has 1 heterocycles. The van der Waals surface area contributed by atoms with E-state index in [0.29, 0.717) is 12.3 Å². The van der Waals surface area contributed by atoms with Crippen LogP contribution in [0, 0.1) is 12.8 Å². The van der Waals surface area contributed by atoms with E-state index in [1.54, 1.807) is 0 Å². The molecule has 0 bridgehead atoms. The summed E-state index contributed by atoms with van der Waals surface area (Å²) in [6.07, 6.45) is 3.39. The fraction of sp³-hybridized carbons (Fsp3) is 0.435. The quantitative estimate of drug-likeness (QED) is 0.850. The number of aliphatic hydroxyl groups excluding tert-OH is 1. The number of benzene rings is 2. The molecule has 1 amide bonds. The third-order valence-electron chi connectivity index (χ3n) is 5.65. The van der Waals surface area contributed by atoms with Gasteiger partial charge < -0.3 is 10.0 Å². The van der Waals surface area contributed by atoms with Gasteiger partial charge in [-0.05, 0) is 48.8 Å². The maximum Gasteiger partial charge on any atom is 0.223 e. The summed E-state index contributed by atoms with van der Waals surface area (Å²) < 4.78 is 0. The van der Waals surface area contributed by atoms with Gasteiger partial charge in [0.25, 0.3) is 0 Å². The molecular weight excluding hydrogens is 322 g/mol. The molecule has 0 spiro atoms. The fourth-order valence-corrected chi connectivity index (χ4v) is 4.03. The minimum atomic E-state index is 0.0973. The predicted molar refractivity (Wildman–Crippen MR) is 105 cm³/mol. The second kappa shape index (κ2) is 9.00. The number of carbonyl (C=O) groups is 1. The lowest BCUT2D eigenvalue weighted by Crippen LogP contribution is -2.39. The van der Waals surface area contributed by atoms with Gasteiger partial charge in [-0.25, -0.2) is 0 Å². The average Bonchev–Trinajstić information content (AvgIpc) is 2.68. The highest BCUT2D eigenvalue weighted by molar-refractivity contribution is 5.78. The minimum Gasteiger partial charge on any atom is -0.396 e. The van der Waals surface area contributed by atoms with Crippen molar-refractivity contribution in [2.45, 2.75) is 38.5 Å². The maximum absolute atomic E-state index is 13.0. The smallest absolute Gasteiger partial charge is 0.223 e. The van der Waals surface area contributed by atoms with Gasteiger partial charge in [-0.2, -0.15) is 0 Å². The molecule has 2 aromatic carbocycles. The Morgan fingerprint density at radius 2 is 1.73 bits per heavy atom. The molecule has 26 heavy (non-hydrogen) atoms. The molecule has 1 aliphatic rings. The van der Waals surface area contributed by atoms with E-state index in [2.05, 4.69) is 43.3 Å². The summed E-state index contributed by atoms with van der Waals surface area (Å²) in [6, 6.07) is 18.7. The number of likely N-dealkylation sites (tertiary alicyclic amines) is 1. The first-order valence-corrected chi connectivity index (χ1v) is 9.68. The zero-order valence-electron chi connectivity index (χ0n) is 15.6. The Bertz CT molecular complexity index is 705. The first-order valence-electron chi connectivity index (χ1n) is 9.68. The summed E-state index contributed by atoms with van der Waals surface area (Å²) in [5.41, 5.74) is 3.67. The summed E-state index contributed by atoms with van der Waals surface area (Å²) in [5.74, 6) is 0.898. The zero-order valence-corrected chi connectivity index (χ0v) is 15.6. The Morgan fingerprint density at radius 1 is 1.08 bits per heavy atom. The van der Waals surface area contributed by atoms with Crippen LogP contribution in [0.5, 0.6) is 0 Å². The molecular formula is C23H29NO2. The third kappa shape index (κ3) is 4.53. The van der Waals surface area contributed by atoms with Gasteiger partial charge in [-0.3, -0.25) is 4.79 Å². The van der Waals surface area contributed by atoms with Gasteiger partial charge in [-0.15, -0.1) is 0 Å². The Balaban J connectivity index is 1.74. The van der Waals surface area contributed by atoms with Crippen LogP contribution in [-0.4, -0.2) is 35.6 Å². The maximum atomic E-state index is 13.0. The number of hydrogen-bond acceptors (Lipinski definition) is 2. The van der Waals surface area contributed by atoms with Crippen molar-refractivity contribution in [2.24, 2.45) is 5.92 Å². The van der Waals surface area contributed by atoms with E-state index < -0.39 is 0 Å². The summed E-state index contributed by atoms with van der Waals surface area (Å²) >= 11 is 0. The standard InChI is InChI=1S/C23H29NO2/c1-18-7-5-6-10-21(18)22(20-8-3-2-4-9-20)17-23(26)24-14-11-19(12-15-24)13-16-25/h2-10,19,22,25H,11-17H2,1H3. The molecule has 138 valence electrons. The van der Waals surface area contributed by atoms with Crippen LogP contribution in [-0.2, 0) is 4.79 Å². The topological polar surface area (TPSA) is 40.5 Å². The van der Waals surface area contributed by atoms with Crippen LogP contribution in [0.3, 0.4) is 0 Å². The van der Waals surface area contributed by atoms with Crippen LogP contribution in [0.2, 0.25) is 0 Å². The molecule has 0 saturated carbocycles. The SMILES string of the molecule is Cc1ccccc1C(CC(=O)N1CCC(CCO)CC1)c1ccccc1. The lowest BCUT2D eigenvalue weighted by molar-refractivity contribution is -0.132. The summed E-state index contributed by atoms with van der Waals surface area (Å²) in [7, 11) is 0. The van der Waals surface area contributed by atoms with Gasteiger partial charge in [0.05, 0.1) is 0 Å². The van der Waals surface area contributed by atoms with Crippen molar-refractivity contribution in [1.29, 1.82) is 0 Å². The Morgan fingerprint density at radius 3 is 2.38 bits per heavy atom. The molecule has 1 N–H and O–H groups in total. The normalized spacial score (nSPS) is 16.5. The second-order valence-corrected chi connectivity index (χ2v) is 7.36. The van der Waals surface area contributed by atoms with Gasteiger partial charge in [0.15, 0.2) is 0 Å². The van der Waals surface area contributed by atoms with E-state index in [-0.39, 0.29) is 18.4 Å². The fourth-order valence-electron chi connectivity index (χ4n) is 4.03. The van der Waals surface area contributed by atoms with E-state index in [9.17, 15) is 4.79 Å². The van der Waals surface area contributed by atoms with Crippen molar-refractivity contribution in [3.05, 3.63) is 71.3 Å². The second-order valence-electron chi connectivity index (χ2n) is 7.36. The van der Waals surface area contributed by atoms with Crippen LogP contribution < -0.4 is 0 Å².